The smallest absolute Gasteiger partial charge is 0.277 e. The van der Waals surface area contributed by atoms with Crippen molar-refractivity contribution in [2.45, 2.75) is 33.5 Å². The van der Waals surface area contributed by atoms with Crippen LogP contribution in [0, 0.1) is 5.92 Å². The number of alkyl halides is 3. The molecule has 0 amide bonds. The van der Waals surface area contributed by atoms with Crippen LogP contribution in [0.1, 0.15) is 31.9 Å². The fourth-order valence-electron chi connectivity index (χ4n) is 1.18. The lowest BCUT2D eigenvalue weighted by molar-refractivity contribution is -0.137. The van der Waals surface area contributed by atoms with E-state index < -0.39 is 11.7 Å². The van der Waals surface area contributed by atoms with Gasteiger partial charge in [0.15, 0.2) is 0 Å². The highest BCUT2D eigenvalue weighted by Gasteiger charge is 2.29. The first-order valence-corrected chi connectivity index (χ1v) is 6.30. The maximum atomic E-state index is 12.3. The van der Waals surface area contributed by atoms with Crippen LogP contribution < -0.4 is 0 Å². The van der Waals surface area contributed by atoms with Gasteiger partial charge in [-0.25, -0.2) is 0 Å². The molecule has 0 unspecified atom stereocenters. The van der Waals surface area contributed by atoms with Crippen LogP contribution >= 0.6 is 0 Å². The summed E-state index contributed by atoms with van der Waals surface area (Å²) in [5.41, 5.74) is 0.0635. The normalized spacial score (nSPS) is 10.8. The average Bonchev–Trinajstić information content (AvgIpc) is 2.34. The van der Waals surface area contributed by atoms with Crippen LogP contribution in [0.5, 0.6) is 0 Å². The van der Waals surface area contributed by atoms with E-state index in [2.05, 4.69) is 27.4 Å². The molecule has 1 rings (SSSR count). The molecular weight excluding hydrogens is 267 g/mol. The largest absolute Gasteiger partial charge is 0.416 e. The lowest BCUT2D eigenvalue weighted by Crippen LogP contribution is -2.14. The van der Waals surface area contributed by atoms with Crippen molar-refractivity contribution in [2.75, 3.05) is 7.11 Å². The molecule has 0 saturated heterocycles. The lowest BCUT2D eigenvalue weighted by Gasteiger charge is -2.16. The van der Waals surface area contributed by atoms with Gasteiger partial charge in [-0.05, 0) is 23.6 Å². The number of hydrogen-bond donors (Lipinski definition) is 0. The van der Waals surface area contributed by atoms with Gasteiger partial charge in [0.25, 0.3) is 0 Å². The number of hydroxylamine groups is 2. The molecule has 0 aliphatic carbocycles. The number of nitrogens with zero attached hydrogens (tertiary/aromatic N) is 1. The van der Waals surface area contributed by atoms with Gasteiger partial charge in [-0.1, -0.05) is 39.5 Å². The summed E-state index contributed by atoms with van der Waals surface area (Å²) in [5, 5.41) is 1.42. The third-order valence-corrected chi connectivity index (χ3v) is 2.06. The molecule has 1 aromatic carbocycles. The van der Waals surface area contributed by atoms with E-state index in [1.54, 1.807) is 0 Å². The van der Waals surface area contributed by atoms with Crippen molar-refractivity contribution < 1.29 is 18.0 Å². The number of rotatable bonds is 4. The molecule has 0 aliphatic heterocycles. The molecule has 5 heteroatoms. The molecule has 1 aromatic rings. The molecule has 2 nitrogen and oxygen atoms in total. The van der Waals surface area contributed by atoms with Gasteiger partial charge in [0, 0.05) is 6.20 Å². The summed E-state index contributed by atoms with van der Waals surface area (Å²) in [5.74, 6) is 0.833. The molecule has 114 valence electrons. The Balaban J connectivity index is 0.000000796. The van der Waals surface area contributed by atoms with Crippen LogP contribution in [0.15, 0.2) is 37.0 Å². The second-order valence-electron chi connectivity index (χ2n) is 4.87. The van der Waals surface area contributed by atoms with E-state index in [1.165, 1.54) is 30.5 Å². The SMILES string of the molecule is C=CN(Cc1ccc(C(F)(F)F)cc1)OC.CC(C)C. The third-order valence-electron chi connectivity index (χ3n) is 2.06. The Morgan fingerprint density at radius 1 is 1.20 bits per heavy atom. The van der Waals surface area contributed by atoms with Crippen LogP contribution in [-0.4, -0.2) is 12.2 Å². The molecule has 0 bridgehead atoms. The Kier molecular flexibility index (Phi) is 7.99. The van der Waals surface area contributed by atoms with Gasteiger partial charge in [-0.15, -0.1) is 0 Å². The molecular formula is C15H22F3NO. The fourth-order valence-corrected chi connectivity index (χ4v) is 1.18. The van der Waals surface area contributed by atoms with Crippen LogP contribution in [0.4, 0.5) is 13.2 Å². The quantitative estimate of drug-likeness (QED) is 0.733. The summed E-state index contributed by atoms with van der Waals surface area (Å²) in [6.45, 7) is 10.4. The first-order valence-electron chi connectivity index (χ1n) is 6.30. The van der Waals surface area contributed by atoms with E-state index in [0.717, 1.165) is 23.6 Å². The minimum absolute atomic E-state index is 0.359. The van der Waals surface area contributed by atoms with E-state index >= 15 is 0 Å². The van der Waals surface area contributed by atoms with Gasteiger partial charge >= 0.3 is 6.18 Å². The minimum atomic E-state index is -4.29. The summed E-state index contributed by atoms with van der Waals surface area (Å²) in [6, 6.07) is 4.93. The fraction of sp³-hybridized carbons (Fsp3) is 0.467. The molecule has 20 heavy (non-hydrogen) atoms. The monoisotopic (exact) mass is 289 g/mol. The zero-order valence-corrected chi connectivity index (χ0v) is 12.4. The zero-order valence-electron chi connectivity index (χ0n) is 12.4. The van der Waals surface area contributed by atoms with Crippen LogP contribution in [0.25, 0.3) is 0 Å². The Labute approximate surface area is 118 Å². The van der Waals surface area contributed by atoms with Gasteiger partial charge < -0.3 is 0 Å². The maximum absolute atomic E-state index is 12.3. The Hall–Kier alpha value is -1.49. The molecule has 0 heterocycles. The van der Waals surface area contributed by atoms with Crippen LogP contribution in [-0.2, 0) is 17.6 Å². The predicted molar refractivity (Wildman–Crippen MR) is 74.7 cm³/mol. The van der Waals surface area contributed by atoms with Crippen molar-refractivity contribution in [2.24, 2.45) is 5.92 Å². The van der Waals surface area contributed by atoms with Crippen LogP contribution in [0.2, 0.25) is 0 Å². The van der Waals surface area contributed by atoms with Crippen molar-refractivity contribution in [3.63, 3.8) is 0 Å². The summed E-state index contributed by atoms with van der Waals surface area (Å²) >= 11 is 0. The van der Waals surface area contributed by atoms with Gasteiger partial charge in [0.05, 0.1) is 19.2 Å². The average molecular weight is 289 g/mol. The molecule has 0 atom stereocenters. The molecule has 0 aromatic heterocycles. The second kappa shape index (κ2) is 8.64. The predicted octanol–water partition coefficient (Wildman–Crippen LogP) is 4.87. The highest BCUT2D eigenvalue weighted by atomic mass is 19.4. The van der Waals surface area contributed by atoms with Crippen molar-refractivity contribution in [3.8, 4) is 0 Å². The first kappa shape index (κ1) is 18.5. The van der Waals surface area contributed by atoms with Crippen LogP contribution in [0.3, 0.4) is 0 Å². The number of halogens is 3. The molecule has 0 saturated carbocycles. The van der Waals surface area contributed by atoms with Crippen molar-refractivity contribution >= 4 is 0 Å². The summed E-state index contributed by atoms with van der Waals surface area (Å²) in [4.78, 5) is 4.89. The topological polar surface area (TPSA) is 12.5 Å². The van der Waals surface area contributed by atoms with E-state index in [1.807, 2.05) is 0 Å². The maximum Gasteiger partial charge on any atom is 0.416 e. The Morgan fingerprint density at radius 2 is 1.65 bits per heavy atom. The Bertz CT molecular complexity index is 382. The molecule has 0 N–H and O–H groups in total. The second-order valence-corrected chi connectivity index (χ2v) is 4.87. The van der Waals surface area contributed by atoms with E-state index in [9.17, 15) is 13.2 Å². The van der Waals surface area contributed by atoms with E-state index in [-0.39, 0.29) is 0 Å². The van der Waals surface area contributed by atoms with Gasteiger partial charge in [0.2, 0.25) is 0 Å². The number of benzene rings is 1. The standard InChI is InChI=1S/C11H12F3NO.C4H10/c1-3-15(16-2)8-9-4-6-10(7-5-9)11(12,13)14;1-4(2)3/h3-7H,1,8H2,2H3;4H,1-3H3. The lowest BCUT2D eigenvalue weighted by atomic mass is 10.1. The summed E-state index contributed by atoms with van der Waals surface area (Å²) < 4.78 is 36.8. The highest BCUT2D eigenvalue weighted by molar-refractivity contribution is 5.24. The highest BCUT2D eigenvalue weighted by Crippen LogP contribution is 2.29. The van der Waals surface area contributed by atoms with Gasteiger partial charge in [-0.2, -0.15) is 13.2 Å². The van der Waals surface area contributed by atoms with Gasteiger partial charge in [0.1, 0.15) is 0 Å². The van der Waals surface area contributed by atoms with E-state index in [4.69, 9.17) is 4.84 Å². The zero-order chi connectivity index (χ0) is 15.8. The molecule has 0 radical (unpaired) electrons. The van der Waals surface area contributed by atoms with Crippen molar-refractivity contribution in [1.29, 1.82) is 0 Å². The van der Waals surface area contributed by atoms with Gasteiger partial charge in [-0.3, -0.25) is 9.90 Å². The van der Waals surface area contributed by atoms with E-state index in [0.29, 0.717) is 6.54 Å². The molecule has 0 fully saturated rings. The molecule has 0 aliphatic rings. The van der Waals surface area contributed by atoms with Crippen molar-refractivity contribution in [1.82, 2.24) is 5.06 Å². The Morgan fingerprint density at radius 3 is 1.95 bits per heavy atom. The summed E-state index contributed by atoms with van der Waals surface area (Å²) in [7, 11) is 1.46. The minimum Gasteiger partial charge on any atom is -0.277 e. The number of hydrogen-bond acceptors (Lipinski definition) is 2. The first-order chi connectivity index (χ1) is 9.20. The third kappa shape index (κ3) is 7.84. The summed E-state index contributed by atoms with van der Waals surface area (Å²) in [6.07, 6.45) is -2.84. The van der Waals surface area contributed by atoms with Crippen molar-refractivity contribution in [3.05, 3.63) is 48.2 Å². The molecule has 0 spiro atoms.